The first kappa shape index (κ1) is 30.0. The molecule has 0 aliphatic carbocycles. The number of hydrogen-bond acceptors (Lipinski definition) is 6. The summed E-state index contributed by atoms with van der Waals surface area (Å²) in [4.78, 5) is 17.5. The maximum Gasteiger partial charge on any atom is 0.0548 e. The number of aromatic nitrogens is 2. The Kier molecular flexibility index (Phi) is 11.5. The molecule has 1 aliphatic heterocycles. The number of nitrogens with zero attached hydrogens (tertiary/aromatic N) is 5. The van der Waals surface area contributed by atoms with Crippen LogP contribution in [0.5, 0.6) is 0 Å². The van der Waals surface area contributed by atoms with E-state index in [4.69, 9.17) is 15.7 Å². The molecule has 1 unspecified atom stereocenters. The summed E-state index contributed by atoms with van der Waals surface area (Å²) >= 11 is 0. The van der Waals surface area contributed by atoms with Crippen LogP contribution in [0.25, 0.3) is 0 Å². The van der Waals surface area contributed by atoms with Crippen LogP contribution in [0.1, 0.15) is 77.7 Å². The van der Waals surface area contributed by atoms with Gasteiger partial charge in [0, 0.05) is 63.1 Å². The van der Waals surface area contributed by atoms with Gasteiger partial charge in [0.05, 0.1) is 22.8 Å². The second-order valence-electron chi connectivity index (χ2n) is 11.6. The number of rotatable bonds is 4. The normalized spacial score (nSPS) is 21.9. The predicted molar refractivity (Wildman–Crippen MR) is 159 cm³/mol. The molecule has 2 aromatic heterocycles. The molecule has 0 saturated heterocycles. The molecular formula is C32H50N6. The third-order valence-corrected chi connectivity index (χ3v) is 7.45. The van der Waals surface area contributed by atoms with E-state index in [1.807, 2.05) is 0 Å². The fourth-order valence-corrected chi connectivity index (χ4v) is 4.79. The number of pyridine rings is 2. The van der Waals surface area contributed by atoms with E-state index < -0.39 is 0 Å². The van der Waals surface area contributed by atoms with Crippen molar-refractivity contribution in [2.75, 3.05) is 13.1 Å². The quantitative estimate of drug-likeness (QED) is 0.556. The van der Waals surface area contributed by atoms with E-state index in [9.17, 15) is 0 Å². The molecule has 1 aliphatic rings. The van der Waals surface area contributed by atoms with Gasteiger partial charge in [-0.1, -0.05) is 31.2 Å². The van der Waals surface area contributed by atoms with Crippen LogP contribution in [0.4, 0.5) is 0 Å². The van der Waals surface area contributed by atoms with Crippen LogP contribution < -0.4 is 5.73 Å². The minimum atomic E-state index is 0.364. The average molecular weight is 519 g/mol. The Bertz CT molecular complexity index is 1060. The molecule has 6 heteroatoms. The molecule has 0 aromatic carbocycles. The lowest BCUT2D eigenvalue weighted by atomic mass is 10.0. The zero-order chi connectivity index (χ0) is 27.7. The highest BCUT2D eigenvalue weighted by atomic mass is 15.2. The second kappa shape index (κ2) is 14.6. The summed E-state index contributed by atoms with van der Waals surface area (Å²) in [5.74, 6) is 0.458. The van der Waals surface area contributed by atoms with Crippen molar-refractivity contribution in [1.82, 2.24) is 24.7 Å². The first-order valence-corrected chi connectivity index (χ1v) is 14.4. The average Bonchev–Trinajstić information content (AvgIpc) is 2.86. The summed E-state index contributed by atoms with van der Waals surface area (Å²) < 4.78 is 0. The third-order valence-electron chi connectivity index (χ3n) is 7.45. The summed E-state index contributed by atoms with van der Waals surface area (Å²) in [5.41, 5.74) is 11.8. The molecule has 208 valence electrons. The third kappa shape index (κ3) is 9.33. The van der Waals surface area contributed by atoms with Crippen LogP contribution in [0.3, 0.4) is 0 Å². The second-order valence-corrected chi connectivity index (χ2v) is 11.6. The van der Waals surface area contributed by atoms with Crippen molar-refractivity contribution in [3.05, 3.63) is 83.1 Å². The molecule has 3 heterocycles. The Morgan fingerprint density at radius 2 is 1.13 bits per heavy atom. The van der Waals surface area contributed by atoms with Gasteiger partial charge in [-0.05, 0) is 84.2 Å². The molecule has 38 heavy (non-hydrogen) atoms. The van der Waals surface area contributed by atoms with Gasteiger partial charge in [-0.3, -0.25) is 24.7 Å². The first-order valence-electron chi connectivity index (χ1n) is 14.4. The van der Waals surface area contributed by atoms with Crippen molar-refractivity contribution < 1.29 is 0 Å². The van der Waals surface area contributed by atoms with Crippen molar-refractivity contribution in [2.45, 2.75) is 99.2 Å². The summed E-state index contributed by atoms with van der Waals surface area (Å²) in [6, 6.07) is 14.1. The zero-order valence-electron chi connectivity index (χ0n) is 24.8. The predicted octanol–water partition coefficient (Wildman–Crippen LogP) is 5.75. The van der Waals surface area contributed by atoms with Crippen molar-refractivity contribution in [3.63, 3.8) is 0 Å². The number of nitrogens with two attached hydrogens (primary N) is 1. The SMILES string of the molecule is CCC1/C=C\C=C(/N)CN(C(C)C)Cc2cccc(n2)CN(C(C)C)Cc2cccc(n2)CN(C(C)C)C1. The standard InChI is InChI=1S/C32H50N6/c1-8-27-12-9-13-28(33)19-37(25(4)5)21-30-15-11-17-32(35-30)23-38(26(6)7)22-31-16-10-14-29(34-31)20-36(18-27)24(2)3/h9-17,24-27H,8,18-23,33H2,1-7H3/b12-9-,28-13-. The largest absolute Gasteiger partial charge is 0.401 e. The number of hydrogen-bond donors (Lipinski definition) is 1. The smallest absolute Gasteiger partial charge is 0.0548 e. The van der Waals surface area contributed by atoms with Crippen molar-refractivity contribution in [3.8, 4) is 0 Å². The van der Waals surface area contributed by atoms with Gasteiger partial charge in [0.2, 0.25) is 0 Å². The summed E-state index contributed by atoms with van der Waals surface area (Å²) in [6.07, 6.45) is 7.63. The highest BCUT2D eigenvalue weighted by molar-refractivity contribution is 5.16. The van der Waals surface area contributed by atoms with E-state index in [2.05, 4.69) is 118 Å². The van der Waals surface area contributed by atoms with Gasteiger partial charge in [-0.25, -0.2) is 0 Å². The van der Waals surface area contributed by atoms with E-state index in [0.29, 0.717) is 24.0 Å². The molecule has 6 nitrogen and oxygen atoms in total. The number of allylic oxidation sites excluding steroid dienone is 2. The summed E-state index contributed by atoms with van der Waals surface area (Å²) in [5, 5.41) is 0. The lowest BCUT2D eigenvalue weighted by Gasteiger charge is -2.30. The molecule has 0 saturated carbocycles. The topological polar surface area (TPSA) is 61.5 Å². The van der Waals surface area contributed by atoms with Gasteiger partial charge in [-0.2, -0.15) is 0 Å². The maximum absolute atomic E-state index is 6.50. The van der Waals surface area contributed by atoms with Gasteiger partial charge in [0.1, 0.15) is 0 Å². The van der Waals surface area contributed by atoms with E-state index in [1.54, 1.807) is 0 Å². The van der Waals surface area contributed by atoms with Crippen molar-refractivity contribution in [1.29, 1.82) is 0 Å². The molecule has 1 atom stereocenters. The highest BCUT2D eigenvalue weighted by Crippen LogP contribution is 2.17. The van der Waals surface area contributed by atoms with E-state index >= 15 is 0 Å². The summed E-state index contributed by atoms with van der Waals surface area (Å²) in [7, 11) is 0. The fourth-order valence-electron chi connectivity index (χ4n) is 4.79. The molecule has 3 rings (SSSR count). The van der Waals surface area contributed by atoms with Crippen LogP contribution in [0.2, 0.25) is 0 Å². The fraction of sp³-hybridized carbons (Fsp3) is 0.562. The van der Waals surface area contributed by atoms with Crippen LogP contribution in [-0.4, -0.2) is 55.9 Å². The monoisotopic (exact) mass is 518 g/mol. The van der Waals surface area contributed by atoms with Crippen LogP contribution in [-0.2, 0) is 26.2 Å². The van der Waals surface area contributed by atoms with Gasteiger partial charge in [-0.15, -0.1) is 0 Å². The lowest BCUT2D eigenvalue weighted by molar-refractivity contribution is 0.185. The minimum Gasteiger partial charge on any atom is -0.401 e. The molecule has 0 spiro atoms. The lowest BCUT2D eigenvalue weighted by Crippen LogP contribution is -2.35. The van der Waals surface area contributed by atoms with Gasteiger partial charge in [0.25, 0.3) is 0 Å². The Labute approximate surface area is 231 Å². The van der Waals surface area contributed by atoms with E-state index in [-0.39, 0.29) is 0 Å². The van der Waals surface area contributed by atoms with Crippen molar-refractivity contribution >= 4 is 0 Å². The maximum atomic E-state index is 6.50. The minimum absolute atomic E-state index is 0.364. The Balaban J connectivity index is 1.98. The molecule has 0 radical (unpaired) electrons. The first-order chi connectivity index (χ1) is 18.1. The number of fused-ring (bicyclic) bond motifs is 4. The summed E-state index contributed by atoms with van der Waals surface area (Å²) in [6.45, 7) is 20.7. The van der Waals surface area contributed by atoms with Crippen LogP contribution >= 0.6 is 0 Å². The molecule has 2 aromatic rings. The highest BCUT2D eigenvalue weighted by Gasteiger charge is 2.18. The van der Waals surface area contributed by atoms with Crippen LogP contribution in [0, 0.1) is 5.92 Å². The Morgan fingerprint density at radius 1 is 0.711 bits per heavy atom. The molecule has 0 fully saturated rings. The molecule has 2 N–H and O–H groups in total. The molecular weight excluding hydrogens is 468 g/mol. The van der Waals surface area contributed by atoms with Gasteiger partial charge >= 0.3 is 0 Å². The van der Waals surface area contributed by atoms with Gasteiger partial charge < -0.3 is 5.73 Å². The molecule has 4 bridgehead atoms. The van der Waals surface area contributed by atoms with Gasteiger partial charge in [0.15, 0.2) is 0 Å². The van der Waals surface area contributed by atoms with Crippen LogP contribution in [0.15, 0.2) is 60.3 Å². The van der Waals surface area contributed by atoms with E-state index in [1.165, 1.54) is 0 Å². The Hall–Kier alpha value is -2.54. The van der Waals surface area contributed by atoms with Crippen molar-refractivity contribution in [2.24, 2.45) is 11.7 Å². The van der Waals surface area contributed by atoms with E-state index in [0.717, 1.165) is 74.2 Å². The zero-order valence-corrected chi connectivity index (χ0v) is 24.8. The molecule has 0 amide bonds. The Morgan fingerprint density at radius 3 is 1.55 bits per heavy atom.